The maximum atomic E-state index is 11.9. The molecule has 0 aromatic carbocycles. The number of aromatic nitrogens is 1. The summed E-state index contributed by atoms with van der Waals surface area (Å²) < 4.78 is 0. The molecular weight excluding hydrogens is 276 g/mol. The van der Waals surface area contributed by atoms with Crippen LogP contribution in [0, 0.1) is 0 Å². The Labute approximate surface area is 119 Å². The Balaban J connectivity index is 1.94. The second kappa shape index (κ2) is 6.63. The summed E-state index contributed by atoms with van der Waals surface area (Å²) in [5.41, 5.74) is 0.920. The van der Waals surface area contributed by atoms with E-state index >= 15 is 0 Å². The lowest BCUT2D eigenvalue weighted by Gasteiger charge is -2.02. The van der Waals surface area contributed by atoms with Crippen LogP contribution in [0.2, 0.25) is 0 Å². The van der Waals surface area contributed by atoms with Gasteiger partial charge in [-0.15, -0.1) is 11.3 Å². The minimum atomic E-state index is -1.01. The highest BCUT2D eigenvalue weighted by atomic mass is 32.1. The number of rotatable bonds is 5. The van der Waals surface area contributed by atoms with E-state index in [4.69, 9.17) is 5.11 Å². The molecule has 0 saturated carbocycles. The molecule has 0 aliphatic carbocycles. The van der Waals surface area contributed by atoms with Crippen molar-refractivity contribution in [2.24, 2.45) is 0 Å². The lowest BCUT2D eigenvalue weighted by Crippen LogP contribution is -2.21. The summed E-state index contributed by atoms with van der Waals surface area (Å²) in [6, 6.07) is 7.07. The minimum absolute atomic E-state index is 0.186. The fourth-order valence-corrected chi connectivity index (χ4v) is 2.32. The third-order valence-corrected chi connectivity index (χ3v) is 3.47. The molecule has 5 nitrogen and oxygen atoms in total. The van der Waals surface area contributed by atoms with Gasteiger partial charge in [-0.25, -0.2) is 4.79 Å². The van der Waals surface area contributed by atoms with Crippen LogP contribution >= 0.6 is 11.3 Å². The summed E-state index contributed by atoms with van der Waals surface area (Å²) in [6.07, 6.45) is 5.87. The topological polar surface area (TPSA) is 79.3 Å². The standard InChI is InChI=1S/C14H12N2O3S/c17-13(18)6-4-11-3-5-12(20-11)14(19)16-9-10-2-1-7-15-8-10/h1-8H,9H2,(H,16,19)(H,17,18). The van der Waals surface area contributed by atoms with Crippen LogP contribution in [-0.2, 0) is 11.3 Å². The maximum absolute atomic E-state index is 11.9. The fourth-order valence-electron chi connectivity index (χ4n) is 1.49. The van der Waals surface area contributed by atoms with Crippen molar-refractivity contribution in [2.75, 3.05) is 0 Å². The molecule has 0 saturated heterocycles. The molecular formula is C14H12N2O3S. The van der Waals surface area contributed by atoms with Crippen molar-refractivity contribution in [3.63, 3.8) is 0 Å². The second-order valence-electron chi connectivity index (χ2n) is 3.92. The molecule has 2 aromatic rings. The molecule has 0 aliphatic heterocycles. The van der Waals surface area contributed by atoms with Gasteiger partial charge in [0, 0.05) is 29.9 Å². The van der Waals surface area contributed by atoms with Gasteiger partial charge in [0.1, 0.15) is 0 Å². The second-order valence-corrected chi connectivity index (χ2v) is 5.03. The Hall–Kier alpha value is -2.47. The van der Waals surface area contributed by atoms with Gasteiger partial charge in [-0.3, -0.25) is 9.78 Å². The average molecular weight is 288 g/mol. The number of carboxylic acids is 1. The zero-order valence-corrected chi connectivity index (χ0v) is 11.3. The van der Waals surface area contributed by atoms with E-state index in [1.165, 1.54) is 17.4 Å². The molecule has 0 radical (unpaired) electrons. The zero-order valence-electron chi connectivity index (χ0n) is 10.4. The molecule has 0 fully saturated rings. The quantitative estimate of drug-likeness (QED) is 0.826. The van der Waals surface area contributed by atoms with Crippen molar-refractivity contribution in [1.82, 2.24) is 10.3 Å². The molecule has 0 bridgehead atoms. The fraction of sp³-hybridized carbons (Fsp3) is 0.0714. The molecule has 1 amide bonds. The average Bonchev–Trinajstić information content (AvgIpc) is 2.92. The van der Waals surface area contributed by atoms with Gasteiger partial charge in [-0.1, -0.05) is 6.07 Å². The number of hydrogen-bond acceptors (Lipinski definition) is 4. The number of amides is 1. The first-order valence-electron chi connectivity index (χ1n) is 5.83. The van der Waals surface area contributed by atoms with Gasteiger partial charge in [0.15, 0.2) is 0 Å². The van der Waals surface area contributed by atoms with Crippen LogP contribution in [0.5, 0.6) is 0 Å². The molecule has 2 aromatic heterocycles. The number of aliphatic carboxylic acids is 1. The summed E-state index contributed by atoms with van der Waals surface area (Å²) in [5, 5.41) is 11.3. The van der Waals surface area contributed by atoms with E-state index < -0.39 is 5.97 Å². The molecule has 0 spiro atoms. The number of carboxylic acid groups (broad SMARTS) is 1. The van der Waals surface area contributed by atoms with E-state index in [1.54, 1.807) is 30.6 Å². The van der Waals surface area contributed by atoms with Gasteiger partial charge in [-0.2, -0.15) is 0 Å². The highest BCUT2D eigenvalue weighted by Gasteiger charge is 2.08. The van der Waals surface area contributed by atoms with Crippen LogP contribution in [0.25, 0.3) is 6.08 Å². The van der Waals surface area contributed by atoms with Gasteiger partial charge in [0.05, 0.1) is 4.88 Å². The monoisotopic (exact) mass is 288 g/mol. The molecule has 102 valence electrons. The first-order chi connectivity index (χ1) is 9.65. The van der Waals surface area contributed by atoms with E-state index in [0.717, 1.165) is 16.5 Å². The molecule has 6 heteroatoms. The van der Waals surface area contributed by atoms with Crippen molar-refractivity contribution < 1.29 is 14.7 Å². The zero-order chi connectivity index (χ0) is 14.4. The van der Waals surface area contributed by atoms with Crippen molar-refractivity contribution in [3.8, 4) is 0 Å². The van der Waals surface area contributed by atoms with Gasteiger partial charge < -0.3 is 10.4 Å². The van der Waals surface area contributed by atoms with Gasteiger partial charge >= 0.3 is 5.97 Å². The molecule has 2 N–H and O–H groups in total. The van der Waals surface area contributed by atoms with Crippen LogP contribution in [0.1, 0.15) is 20.1 Å². The highest BCUT2D eigenvalue weighted by Crippen LogP contribution is 2.17. The van der Waals surface area contributed by atoms with E-state index in [0.29, 0.717) is 11.4 Å². The van der Waals surface area contributed by atoms with Gasteiger partial charge in [0.2, 0.25) is 0 Å². The summed E-state index contributed by atoms with van der Waals surface area (Å²) in [4.78, 5) is 27.5. The predicted octanol–water partition coefficient (Wildman–Crippen LogP) is 2.17. The summed E-state index contributed by atoms with van der Waals surface area (Å²) in [6.45, 7) is 0.408. The lowest BCUT2D eigenvalue weighted by molar-refractivity contribution is -0.131. The van der Waals surface area contributed by atoms with Crippen molar-refractivity contribution >= 4 is 29.3 Å². The Morgan fingerprint density at radius 3 is 2.90 bits per heavy atom. The third-order valence-electron chi connectivity index (χ3n) is 2.42. The highest BCUT2D eigenvalue weighted by molar-refractivity contribution is 7.14. The molecule has 0 atom stereocenters. The summed E-state index contributed by atoms with van der Waals surface area (Å²) in [5.74, 6) is -1.20. The van der Waals surface area contributed by atoms with Gasteiger partial charge in [0.25, 0.3) is 5.91 Å². The largest absolute Gasteiger partial charge is 0.478 e. The SMILES string of the molecule is O=C(O)C=Cc1ccc(C(=O)NCc2cccnc2)s1. The first-order valence-corrected chi connectivity index (χ1v) is 6.65. The number of nitrogens with zero attached hydrogens (tertiary/aromatic N) is 1. The van der Waals surface area contributed by atoms with Crippen LogP contribution < -0.4 is 5.32 Å². The number of pyridine rings is 1. The van der Waals surface area contributed by atoms with E-state index in [1.807, 2.05) is 6.07 Å². The van der Waals surface area contributed by atoms with E-state index in [9.17, 15) is 9.59 Å². The molecule has 0 aliphatic rings. The number of nitrogens with one attached hydrogen (secondary N) is 1. The Morgan fingerprint density at radius 1 is 1.35 bits per heavy atom. The van der Waals surface area contributed by atoms with E-state index in [-0.39, 0.29) is 5.91 Å². The number of carbonyl (C=O) groups excluding carboxylic acids is 1. The van der Waals surface area contributed by atoms with Crippen molar-refractivity contribution in [1.29, 1.82) is 0 Å². The van der Waals surface area contributed by atoms with Crippen LogP contribution in [-0.4, -0.2) is 22.0 Å². The number of thiophene rings is 1. The first kappa shape index (κ1) is 14.0. The smallest absolute Gasteiger partial charge is 0.328 e. The molecule has 20 heavy (non-hydrogen) atoms. The van der Waals surface area contributed by atoms with Gasteiger partial charge in [-0.05, 0) is 29.8 Å². The maximum Gasteiger partial charge on any atom is 0.328 e. The predicted molar refractivity (Wildman–Crippen MR) is 76.4 cm³/mol. The van der Waals surface area contributed by atoms with Crippen LogP contribution in [0.4, 0.5) is 0 Å². The molecule has 2 rings (SSSR count). The summed E-state index contributed by atoms with van der Waals surface area (Å²) >= 11 is 1.24. The molecule has 0 unspecified atom stereocenters. The Bertz CT molecular complexity index is 635. The Morgan fingerprint density at radius 2 is 2.20 bits per heavy atom. The number of hydrogen-bond donors (Lipinski definition) is 2. The van der Waals surface area contributed by atoms with Crippen molar-refractivity contribution in [2.45, 2.75) is 6.54 Å². The van der Waals surface area contributed by atoms with Crippen LogP contribution in [0.3, 0.4) is 0 Å². The summed E-state index contributed by atoms with van der Waals surface area (Å²) in [7, 11) is 0. The minimum Gasteiger partial charge on any atom is -0.478 e. The van der Waals surface area contributed by atoms with Crippen molar-refractivity contribution in [3.05, 3.63) is 58.1 Å². The Kier molecular flexibility index (Phi) is 4.62. The lowest BCUT2D eigenvalue weighted by atomic mass is 10.3. The number of carbonyl (C=O) groups is 2. The van der Waals surface area contributed by atoms with Crippen LogP contribution in [0.15, 0.2) is 42.7 Å². The van der Waals surface area contributed by atoms with E-state index in [2.05, 4.69) is 10.3 Å². The third kappa shape index (κ3) is 4.03. The normalized spacial score (nSPS) is 10.6. The molecule has 2 heterocycles.